The van der Waals surface area contributed by atoms with Crippen LogP contribution in [0.4, 0.5) is 0 Å². The molecule has 4 nitrogen and oxygen atoms in total. The summed E-state index contributed by atoms with van der Waals surface area (Å²) in [5, 5.41) is 18.9. The van der Waals surface area contributed by atoms with Crippen LogP contribution in [0.3, 0.4) is 0 Å². The van der Waals surface area contributed by atoms with Crippen molar-refractivity contribution < 1.29 is 19.8 Å². The SMILES string of the molecule is CCCCCCc1c(CC)c(CC)cc(C(=O)O)c1C(=O)O. The molecule has 0 amide bonds. The van der Waals surface area contributed by atoms with Crippen LogP contribution in [0.5, 0.6) is 0 Å². The number of hydrogen-bond acceptors (Lipinski definition) is 2. The molecule has 0 fully saturated rings. The van der Waals surface area contributed by atoms with Gasteiger partial charge in [-0.2, -0.15) is 0 Å². The smallest absolute Gasteiger partial charge is 0.336 e. The van der Waals surface area contributed by atoms with E-state index in [1.165, 1.54) is 0 Å². The van der Waals surface area contributed by atoms with Gasteiger partial charge >= 0.3 is 11.9 Å². The van der Waals surface area contributed by atoms with Crippen LogP contribution in [0.2, 0.25) is 0 Å². The van der Waals surface area contributed by atoms with Crippen molar-refractivity contribution in [2.45, 2.75) is 65.7 Å². The first-order valence-corrected chi connectivity index (χ1v) is 8.11. The maximum Gasteiger partial charge on any atom is 0.336 e. The van der Waals surface area contributed by atoms with Gasteiger partial charge in [0.2, 0.25) is 0 Å². The molecule has 4 heteroatoms. The number of unbranched alkanes of at least 4 members (excludes halogenated alkanes) is 3. The highest BCUT2D eigenvalue weighted by atomic mass is 16.4. The number of benzene rings is 1. The van der Waals surface area contributed by atoms with E-state index in [0.29, 0.717) is 12.8 Å². The number of rotatable bonds is 9. The minimum Gasteiger partial charge on any atom is -0.478 e. The molecule has 0 heterocycles. The average molecular weight is 306 g/mol. The highest BCUT2D eigenvalue weighted by molar-refractivity contribution is 6.03. The number of carboxylic acid groups (broad SMARTS) is 2. The van der Waals surface area contributed by atoms with Crippen molar-refractivity contribution in [1.29, 1.82) is 0 Å². The molecule has 0 spiro atoms. The van der Waals surface area contributed by atoms with Crippen LogP contribution >= 0.6 is 0 Å². The fraction of sp³-hybridized carbons (Fsp3) is 0.556. The molecular weight excluding hydrogens is 280 g/mol. The van der Waals surface area contributed by atoms with Crippen LogP contribution in [0, 0.1) is 0 Å². The first kappa shape index (κ1) is 18.2. The average Bonchev–Trinajstić information content (AvgIpc) is 2.49. The van der Waals surface area contributed by atoms with Crippen LogP contribution < -0.4 is 0 Å². The van der Waals surface area contributed by atoms with Gasteiger partial charge < -0.3 is 10.2 Å². The number of carbonyl (C=O) groups is 2. The summed E-state index contributed by atoms with van der Waals surface area (Å²) in [5.41, 5.74) is 2.60. The quantitative estimate of drug-likeness (QED) is 0.666. The Balaban J connectivity index is 3.41. The Bertz CT molecular complexity index is 547. The second-order valence-corrected chi connectivity index (χ2v) is 5.54. The molecule has 22 heavy (non-hydrogen) atoms. The summed E-state index contributed by atoms with van der Waals surface area (Å²) in [6, 6.07) is 1.54. The zero-order valence-electron chi connectivity index (χ0n) is 13.7. The summed E-state index contributed by atoms with van der Waals surface area (Å²) >= 11 is 0. The Morgan fingerprint density at radius 3 is 2.05 bits per heavy atom. The fourth-order valence-electron chi connectivity index (χ4n) is 3.01. The monoisotopic (exact) mass is 306 g/mol. The van der Waals surface area contributed by atoms with E-state index in [0.717, 1.165) is 48.8 Å². The lowest BCUT2D eigenvalue weighted by Crippen LogP contribution is -2.16. The number of hydrogen-bond donors (Lipinski definition) is 2. The third-order valence-corrected chi connectivity index (χ3v) is 4.10. The van der Waals surface area contributed by atoms with Crippen molar-refractivity contribution in [3.8, 4) is 0 Å². The van der Waals surface area contributed by atoms with Gasteiger partial charge in [0.15, 0.2) is 0 Å². The molecule has 0 aliphatic heterocycles. The molecule has 0 atom stereocenters. The van der Waals surface area contributed by atoms with Crippen molar-refractivity contribution in [3.05, 3.63) is 33.9 Å². The van der Waals surface area contributed by atoms with Crippen LogP contribution in [0.15, 0.2) is 6.07 Å². The van der Waals surface area contributed by atoms with E-state index in [2.05, 4.69) is 6.92 Å². The van der Waals surface area contributed by atoms with Crippen LogP contribution in [0.1, 0.15) is 83.9 Å². The zero-order valence-corrected chi connectivity index (χ0v) is 13.7. The third kappa shape index (κ3) is 4.09. The van der Waals surface area contributed by atoms with Crippen molar-refractivity contribution in [3.63, 3.8) is 0 Å². The van der Waals surface area contributed by atoms with E-state index >= 15 is 0 Å². The second-order valence-electron chi connectivity index (χ2n) is 5.54. The van der Waals surface area contributed by atoms with E-state index in [9.17, 15) is 19.8 Å². The molecule has 0 unspecified atom stereocenters. The van der Waals surface area contributed by atoms with Gasteiger partial charge in [-0.25, -0.2) is 9.59 Å². The minimum atomic E-state index is -1.16. The van der Waals surface area contributed by atoms with E-state index in [1.807, 2.05) is 13.8 Å². The van der Waals surface area contributed by atoms with Gasteiger partial charge in [-0.15, -0.1) is 0 Å². The molecule has 0 bridgehead atoms. The Labute approximate surface area is 132 Å². The lowest BCUT2D eigenvalue weighted by Gasteiger charge is -2.18. The normalized spacial score (nSPS) is 10.7. The number of carboxylic acids is 2. The summed E-state index contributed by atoms with van der Waals surface area (Å²) in [5.74, 6) is -2.30. The van der Waals surface area contributed by atoms with Gasteiger partial charge in [0.1, 0.15) is 0 Å². The van der Waals surface area contributed by atoms with Crippen molar-refractivity contribution in [1.82, 2.24) is 0 Å². The summed E-state index contributed by atoms with van der Waals surface area (Å²) in [4.78, 5) is 23.1. The molecule has 0 saturated heterocycles. The molecular formula is C18H26O4. The van der Waals surface area contributed by atoms with Crippen molar-refractivity contribution >= 4 is 11.9 Å². The topological polar surface area (TPSA) is 74.6 Å². The Hall–Kier alpha value is -1.84. The molecule has 0 aromatic heterocycles. The lowest BCUT2D eigenvalue weighted by atomic mass is 9.86. The number of aromatic carboxylic acids is 2. The van der Waals surface area contributed by atoms with E-state index in [4.69, 9.17) is 0 Å². The third-order valence-electron chi connectivity index (χ3n) is 4.10. The van der Waals surface area contributed by atoms with Gasteiger partial charge in [-0.05, 0) is 48.4 Å². The highest BCUT2D eigenvalue weighted by Crippen LogP contribution is 2.27. The molecule has 0 aliphatic rings. The second kappa shape index (κ2) is 8.57. The van der Waals surface area contributed by atoms with Gasteiger partial charge in [0.05, 0.1) is 11.1 Å². The molecule has 1 aromatic carbocycles. The maximum absolute atomic E-state index is 11.6. The zero-order chi connectivity index (χ0) is 16.7. The van der Waals surface area contributed by atoms with E-state index in [1.54, 1.807) is 6.07 Å². The molecule has 0 radical (unpaired) electrons. The van der Waals surface area contributed by atoms with Gasteiger partial charge in [0.25, 0.3) is 0 Å². The summed E-state index contributed by atoms with van der Waals surface area (Å²) in [7, 11) is 0. The van der Waals surface area contributed by atoms with Crippen molar-refractivity contribution in [2.24, 2.45) is 0 Å². The van der Waals surface area contributed by atoms with E-state index in [-0.39, 0.29) is 11.1 Å². The standard InChI is InChI=1S/C18H26O4/c1-4-7-8-9-10-14-13(6-3)12(5-2)11-15(17(19)20)16(14)18(21)22/h11H,4-10H2,1-3H3,(H,19,20)(H,21,22). The Morgan fingerprint density at radius 2 is 1.59 bits per heavy atom. The van der Waals surface area contributed by atoms with Gasteiger partial charge in [-0.3, -0.25) is 0 Å². The molecule has 0 saturated carbocycles. The summed E-state index contributed by atoms with van der Waals surface area (Å²) in [6.45, 7) is 6.10. The van der Waals surface area contributed by atoms with Crippen LogP contribution in [-0.2, 0) is 19.3 Å². The summed E-state index contributed by atoms with van der Waals surface area (Å²) < 4.78 is 0. The molecule has 1 rings (SSSR count). The highest BCUT2D eigenvalue weighted by Gasteiger charge is 2.24. The first-order valence-electron chi connectivity index (χ1n) is 8.11. The molecule has 0 aliphatic carbocycles. The summed E-state index contributed by atoms with van der Waals surface area (Å²) in [6.07, 6.45) is 6.24. The number of aryl methyl sites for hydroxylation is 1. The van der Waals surface area contributed by atoms with Gasteiger partial charge in [0, 0.05) is 0 Å². The predicted molar refractivity (Wildman–Crippen MR) is 87.0 cm³/mol. The van der Waals surface area contributed by atoms with E-state index < -0.39 is 11.9 Å². The first-order chi connectivity index (χ1) is 10.5. The largest absolute Gasteiger partial charge is 0.478 e. The van der Waals surface area contributed by atoms with Crippen molar-refractivity contribution in [2.75, 3.05) is 0 Å². The minimum absolute atomic E-state index is 0.0157. The molecule has 1 aromatic rings. The fourth-order valence-corrected chi connectivity index (χ4v) is 3.01. The van der Waals surface area contributed by atoms with Gasteiger partial charge in [-0.1, -0.05) is 40.0 Å². The molecule has 122 valence electrons. The predicted octanol–water partition coefficient (Wildman–Crippen LogP) is 4.33. The Kier molecular flexibility index (Phi) is 7.09. The Morgan fingerprint density at radius 1 is 0.909 bits per heavy atom. The van der Waals surface area contributed by atoms with Crippen LogP contribution in [0.25, 0.3) is 0 Å². The molecule has 2 N–H and O–H groups in total. The maximum atomic E-state index is 11.6. The van der Waals surface area contributed by atoms with Crippen LogP contribution in [-0.4, -0.2) is 22.2 Å². The lowest BCUT2D eigenvalue weighted by molar-refractivity contribution is 0.0650.